The van der Waals surface area contributed by atoms with Crippen molar-refractivity contribution in [1.82, 2.24) is 9.97 Å². The number of hydrazone groups is 1. The molecule has 1 heterocycles. The average molecular weight is 563 g/mol. The fourth-order valence-electron chi connectivity index (χ4n) is 3.60. The van der Waals surface area contributed by atoms with Crippen LogP contribution < -0.4 is 25.8 Å². The molecule has 4 aromatic rings. The summed E-state index contributed by atoms with van der Waals surface area (Å²) in [4.78, 5) is 31.4. The molecule has 0 saturated carbocycles. The van der Waals surface area contributed by atoms with Gasteiger partial charge in [-0.1, -0.05) is 36.4 Å². The van der Waals surface area contributed by atoms with Crippen LogP contribution in [0.4, 0.5) is 24.8 Å². The minimum Gasteiger partial charge on any atom is -0.493 e. The molecule has 0 radical (unpaired) electrons. The standard InChI is InChI=1S/C28H21F3N6O4/c1-40-23-12-17(10-11-22(23)41-16-24(38)34-20-9-5-8-19(13-20)28(29,30)31)15-33-37-27-35-25(18-6-3-2-4-7-18)21(14-32)26(39)36-27/h2-13,15H,16H2,1H3,(H,34,38)(H2,35,36,37,39). The van der Waals surface area contributed by atoms with Crippen LogP contribution in [0.3, 0.4) is 0 Å². The van der Waals surface area contributed by atoms with Gasteiger partial charge in [-0.05, 0) is 42.0 Å². The first kappa shape index (κ1) is 28.4. The molecule has 13 heteroatoms. The Morgan fingerprint density at radius 2 is 1.88 bits per heavy atom. The van der Waals surface area contributed by atoms with Crippen molar-refractivity contribution in [3.63, 3.8) is 0 Å². The summed E-state index contributed by atoms with van der Waals surface area (Å²) in [5.41, 5.74) is 2.30. The molecular weight excluding hydrogens is 541 g/mol. The maximum Gasteiger partial charge on any atom is 0.416 e. The van der Waals surface area contributed by atoms with Gasteiger partial charge in [0.15, 0.2) is 18.1 Å². The van der Waals surface area contributed by atoms with Gasteiger partial charge in [0.05, 0.1) is 24.6 Å². The van der Waals surface area contributed by atoms with Gasteiger partial charge in [0.25, 0.3) is 11.5 Å². The van der Waals surface area contributed by atoms with Gasteiger partial charge in [-0.2, -0.15) is 23.5 Å². The lowest BCUT2D eigenvalue weighted by atomic mass is 10.1. The van der Waals surface area contributed by atoms with Crippen LogP contribution in [0.5, 0.6) is 11.5 Å². The fraction of sp³-hybridized carbons (Fsp3) is 0.107. The third-order valence-corrected chi connectivity index (χ3v) is 5.48. The summed E-state index contributed by atoms with van der Waals surface area (Å²) in [6, 6.07) is 19.6. The van der Waals surface area contributed by atoms with E-state index in [4.69, 9.17) is 9.47 Å². The maximum absolute atomic E-state index is 12.9. The Labute approximate surface area is 231 Å². The molecule has 0 atom stereocenters. The number of hydrogen-bond donors (Lipinski definition) is 3. The zero-order valence-corrected chi connectivity index (χ0v) is 21.3. The van der Waals surface area contributed by atoms with Crippen LogP contribution in [-0.2, 0) is 11.0 Å². The monoisotopic (exact) mass is 562 g/mol. The van der Waals surface area contributed by atoms with E-state index in [0.29, 0.717) is 11.1 Å². The number of methoxy groups -OCH3 is 1. The summed E-state index contributed by atoms with van der Waals surface area (Å²) in [6.07, 6.45) is -3.13. The summed E-state index contributed by atoms with van der Waals surface area (Å²) in [6.45, 7) is -0.483. The van der Waals surface area contributed by atoms with E-state index in [1.807, 2.05) is 6.07 Å². The molecule has 208 valence electrons. The van der Waals surface area contributed by atoms with Crippen LogP contribution in [0.15, 0.2) is 82.7 Å². The molecule has 1 aromatic heterocycles. The van der Waals surface area contributed by atoms with Crippen molar-refractivity contribution in [1.29, 1.82) is 5.26 Å². The second-order valence-electron chi connectivity index (χ2n) is 8.31. The lowest BCUT2D eigenvalue weighted by Crippen LogP contribution is -2.20. The number of anilines is 2. The van der Waals surface area contributed by atoms with Crippen molar-refractivity contribution in [2.45, 2.75) is 6.18 Å². The van der Waals surface area contributed by atoms with E-state index in [1.165, 1.54) is 31.5 Å². The average Bonchev–Trinajstić information content (AvgIpc) is 2.96. The second kappa shape index (κ2) is 12.5. The number of aromatic nitrogens is 2. The van der Waals surface area contributed by atoms with Gasteiger partial charge >= 0.3 is 6.18 Å². The molecular formula is C28H21F3N6O4. The van der Waals surface area contributed by atoms with Gasteiger partial charge in [0, 0.05) is 11.3 Å². The summed E-state index contributed by atoms with van der Waals surface area (Å²) < 4.78 is 49.4. The summed E-state index contributed by atoms with van der Waals surface area (Å²) in [7, 11) is 1.39. The van der Waals surface area contributed by atoms with E-state index in [1.54, 1.807) is 42.5 Å². The predicted molar refractivity (Wildman–Crippen MR) is 145 cm³/mol. The zero-order chi connectivity index (χ0) is 29.4. The van der Waals surface area contributed by atoms with Gasteiger partial charge in [0.2, 0.25) is 5.95 Å². The minimum atomic E-state index is -4.54. The Hall–Kier alpha value is -5.64. The van der Waals surface area contributed by atoms with E-state index in [0.717, 1.165) is 12.1 Å². The lowest BCUT2D eigenvalue weighted by molar-refractivity contribution is -0.137. The molecule has 0 aliphatic heterocycles. The Morgan fingerprint density at radius 1 is 1.10 bits per heavy atom. The highest BCUT2D eigenvalue weighted by Crippen LogP contribution is 2.31. The topological polar surface area (TPSA) is 141 Å². The van der Waals surface area contributed by atoms with Crippen molar-refractivity contribution in [3.05, 3.63) is 99.8 Å². The molecule has 0 fully saturated rings. The van der Waals surface area contributed by atoms with Crippen LogP contribution in [0.25, 0.3) is 11.3 Å². The first-order valence-electron chi connectivity index (χ1n) is 11.8. The number of amides is 1. The Morgan fingerprint density at radius 3 is 2.59 bits per heavy atom. The maximum atomic E-state index is 12.9. The van der Waals surface area contributed by atoms with E-state index < -0.39 is 29.8 Å². The van der Waals surface area contributed by atoms with Crippen molar-refractivity contribution >= 4 is 23.8 Å². The number of rotatable bonds is 9. The Bertz CT molecular complexity index is 1680. The van der Waals surface area contributed by atoms with Crippen LogP contribution in [0, 0.1) is 11.3 Å². The molecule has 0 unspecified atom stereocenters. The molecule has 3 aromatic carbocycles. The number of carbonyl (C=O) groups is 1. The SMILES string of the molecule is COc1cc(C=NNc2nc(-c3ccccc3)c(C#N)c(=O)[nH]2)ccc1OCC(=O)Nc1cccc(C(F)(F)F)c1. The third-order valence-electron chi connectivity index (χ3n) is 5.48. The van der Waals surface area contributed by atoms with Crippen molar-refractivity contribution in [2.75, 3.05) is 24.5 Å². The summed E-state index contributed by atoms with van der Waals surface area (Å²) >= 11 is 0. The molecule has 0 saturated heterocycles. The normalized spacial score (nSPS) is 11.1. The lowest BCUT2D eigenvalue weighted by Gasteiger charge is -2.12. The number of hydrogen-bond acceptors (Lipinski definition) is 8. The summed E-state index contributed by atoms with van der Waals surface area (Å²) in [5.74, 6) is -0.178. The molecule has 3 N–H and O–H groups in total. The van der Waals surface area contributed by atoms with E-state index in [2.05, 4.69) is 25.8 Å². The van der Waals surface area contributed by atoms with Crippen molar-refractivity contribution in [3.8, 4) is 28.8 Å². The number of alkyl halides is 3. The van der Waals surface area contributed by atoms with Crippen LogP contribution in [0.2, 0.25) is 0 Å². The van der Waals surface area contributed by atoms with E-state index in [9.17, 15) is 28.0 Å². The van der Waals surface area contributed by atoms with Crippen LogP contribution >= 0.6 is 0 Å². The number of halogens is 3. The number of ether oxygens (including phenoxy) is 2. The van der Waals surface area contributed by atoms with Gasteiger partial charge in [-0.3, -0.25) is 14.6 Å². The van der Waals surface area contributed by atoms with Crippen LogP contribution in [-0.4, -0.2) is 35.8 Å². The first-order valence-corrected chi connectivity index (χ1v) is 11.8. The number of nitrogens with zero attached hydrogens (tertiary/aromatic N) is 3. The molecule has 0 bridgehead atoms. The van der Waals surface area contributed by atoms with Gasteiger partial charge in [0.1, 0.15) is 11.6 Å². The number of benzene rings is 3. The zero-order valence-electron chi connectivity index (χ0n) is 21.3. The third kappa shape index (κ3) is 7.27. The van der Waals surface area contributed by atoms with Crippen LogP contribution in [0.1, 0.15) is 16.7 Å². The van der Waals surface area contributed by atoms with Gasteiger partial charge in [-0.15, -0.1) is 0 Å². The molecule has 10 nitrogen and oxygen atoms in total. The Kier molecular flexibility index (Phi) is 8.63. The largest absolute Gasteiger partial charge is 0.493 e. The van der Waals surface area contributed by atoms with E-state index in [-0.39, 0.29) is 34.4 Å². The number of carbonyl (C=O) groups excluding carboxylic acids is 1. The molecule has 0 aliphatic rings. The first-order chi connectivity index (χ1) is 19.7. The molecule has 0 aliphatic carbocycles. The highest BCUT2D eigenvalue weighted by atomic mass is 19.4. The van der Waals surface area contributed by atoms with Crippen molar-refractivity contribution < 1.29 is 27.4 Å². The summed E-state index contributed by atoms with van der Waals surface area (Å²) in [5, 5.41) is 15.8. The number of nitrogens with one attached hydrogen (secondary N) is 3. The van der Waals surface area contributed by atoms with Gasteiger partial charge < -0.3 is 14.8 Å². The highest BCUT2D eigenvalue weighted by Gasteiger charge is 2.30. The molecule has 1 amide bonds. The smallest absolute Gasteiger partial charge is 0.416 e. The predicted octanol–water partition coefficient (Wildman–Crippen LogP) is 4.80. The number of nitriles is 1. The van der Waals surface area contributed by atoms with E-state index >= 15 is 0 Å². The molecule has 41 heavy (non-hydrogen) atoms. The quantitative estimate of drug-likeness (QED) is 0.197. The highest BCUT2D eigenvalue weighted by molar-refractivity contribution is 5.92. The molecule has 4 rings (SSSR count). The Balaban J connectivity index is 1.41. The van der Waals surface area contributed by atoms with Gasteiger partial charge in [-0.25, -0.2) is 10.4 Å². The number of aromatic amines is 1. The molecule has 0 spiro atoms. The fourth-order valence-corrected chi connectivity index (χ4v) is 3.60. The second-order valence-corrected chi connectivity index (χ2v) is 8.31. The number of H-pyrrole nitrogens is 1. The van der Waals surface area contributed by atoms with Crippen molar-refractivity contribution in [2.24, 2.45) is 5.10 Å². The minimum absolute atomic E-state index is 0.0165.